The molecule has 0 bridgehead atoms. The van der Waals surface area contributed by atoms with Gasteiger partial charge in [-0.25, -0.2) is 0 Å². The summed E-state index contributed by atoms with van der Waals surface area (Å²) in [5.41, 5.74) is 6.28. The van der Waals surface area contributed by atoms with Gasteiger partial charge in [0.25, 0.3) is 11.6 Å². The molecule has 3 N–H and O–H groups in total. The predicted octanol–water partition coefficient (Wildman–Crippen LogP) is 2.27. The number of nitro benzene ring substituents is 1. The molecule has 0 spiro atoms. The van der Waals surface area contributed by atoms with Crippen LogP contribution in [0, 0.1) is 10.1 Å². The molecule has 0 saturated heterocycles. The molecule has 0 atom stereocenters. The van der Waals surface area contributed by atoms with Crippen LogP contribution in [-0.2, 0) is 6.54 Å². The Morgan fingerprint density at radius 1 is 1.16 bits per heavy atom. The Balaban J connectivity index is 1.69. The van der Waals surface area contributed by atoms with Crippen LogP contribution >= 0.6 is 0 Å². The van der Waals surface area contributed by atoms with Gasteiger partial charge in [-0.3, -0.25) is 14.9 Å². The maximum atomic E-state index is 12.2. The summed E-state index contributed by atoms with van der Waals surface area (Å²) in [4.78, 5) is 22.5. The van der Waals surface area contributed by atoms with Crippen molar-refractivity contribution in [2.24, 2.45) is 0 Å². The van der Waals surface area contributed by atoms with Crippen LogP contribution in [0.4, 0.5) is 11.4 Å². The zero-order chi connectivity index (χ0) is 17.8. The average molecular weight is 343 g/mol. The summed E-state index contributed by atoms with van der Waals surface area (Å²) in [6.45, 7) is 1.45. The van der Waals surface area contributed by atoms with Gasteiger partial charge in [-0.1, -0.05) is 6.07 Å². The minimum absolute atomic E-state index is 0.0180. The van der Waals surface area contributed by atoms with Gasteiger partial charge < -0.3 is 20.5 Å². The zero-order valence-corrected chi connectivity index (χ0v) is 13.4. The van der Waals surface area contributed by atoms with Gasteiger partial charge in [-0.05, 0) is 29.8 Å². The summed E-state index contributed by atoms with van der Waals surface area (Å²) in [5, 5.41) is 13.6. The average Bonchev–Trinajstić information content (AvgIpc) is 2.84. The third-order valence-electron chi connectivity index (χ3n) is 3.75. The normalized spacial score (nSPS) is 13.0. The Labute approximate surface area is 143 Å². The first-order valence-corrected chi connectivity index (χ1v) is 7.75. The lowest BCUT2D eigenvalue weighted by atomic mass is 10.1. The molecular formula is C17H17N3O5. The highest BCUT2D eigenvalue weighted by Crippen LogP contribution is 2.30. The summed E-state index contributed by atoms with van der Waals surface area (Å²) in [6.07, 6.45) is 0.816. The minimum Gasteiger partial charge on any atom is -0.490 e. The molecule has 1 aliphatic rings. The number of amides is 1. The second-order valence-electron chi connectivity index (χ2n) is 5.54. The van der Waals surface area contributed by atoms with Crippen LogP contribution < -0.4 is 20.5 Å². The number of nitrogens with two attached hydrogens (primary N) is 1. The number of nitro groups is 1. The van der Waals surface area contributed by atoms with Gasteiger partial charge in [0.05, 0.1) is 18.1 Å². The standard InChI is InChI=1S/C17H17N3O5/c18-13-4-3-12(9-14(13)20(22)23)17(21)19-10-11-2-5-15-16(8-11)25-7-1-6-24-15/h2-5,8-9H,1,6-7,10,18H2,(H,19,21). The molecule has 0 aromatic heterocycles. The quantitative estimate of drug-likeness (QED) is 0.500. The molecule has 0 unspecified atom stereocenters. The molecule has 8 nitrogen and oxygen atoms in total. The molecule has 8 heteroatoms. The van der Waals surface area contributed by atoms with E-state index >= 15 is 0 Å². The molecular weight excluding hydrogens is 326 g/mol. The van der Waals surface area contributed by atoms with Gasteiger partial charge >= 0.3 is 0 Å². The Kier molecular flexibility index (Phi) is 4.69. The monoisotopic (exact) mass is 343 g/mol. The minimum atomic E-state index is -0.615. The fourth-order valence-corrected chi connectivity index (χ4v) is 2.45. The molecule has 3 rings (SSSR count). The molecule has 1 aliphatic heterocycles. The topological polar surface area (TPSA) is 117 Å². The molecule has 0 radical (unpaired) electrons. The Morgan fingerprint density at radius 3 is 2.68 bits per heavy atom. The van der Waals surface area contributed by atoms with Crippen LogP contribution in [0.25, 0.3) is 0 Å². The van der Waals surface area contributed by atoms with Crippen molar-refractivity contribution in [1.82, 2.24) is 5.32 Å². The first-order chi connectivity index (χ1) is 12.0. The first kappa shape index (κ1) is 16.6. The van der Waals surface area contributed by atoms with E-state index in [2.05, 4.69) is 5.32 Å². The summed E-state index contributed by atoms with van der Waals surface area (Å²) in [6, 6.07) is 9.41. The number of rotatable bonds is 4. The van der Waals surface area contributed by atoms with Gasteiger partial charge in [0.15, 0.2) is 11.5 Å². The van der Waals surface area contributed by atoms with Crippen molar-refractivity contribution in [3.8, 4) is 11.5 Å². The van der Waals surface area contributed by atoms with Gasteiger partial charge in [0.1, 0.15) is 5.69 Å². The summed E-state index contributed by atoms with van der Waals surface area (Å²) in [5.74, 6) is 0.907. The van der Waals surface area contributed by atoms with Crippen molar-refractivity contribution in [2.75, 3.05) is 18.9 Å². The molecule has 1 heterocycles. The predicted molar refractivity (Wildman–Crippen MR) is 90.7 cm³/mol. The number of nitrogen functional groups attached to an aromatic ring is 1. The number of nitrogens with zero attached hydrogens (tertiary/aromatic N) is 1. The van der Waals surface area contributed by atoms with E-state index in [1.807, 2.05) is 12.1 Å². The SMILES string of the molecule is Nc1ccc(C(=O)NCc2ccc3c(c2)OCCCO3)cc1[N+](=O)[O-]. The molecule has 0 aliphatic carbocycles. The summed E-state index contributed by atoms with van der Waals surface area (Å²) < 4.78 is 11.2. The smallest absolute Gasteiger partial charge is 0.292 e. The molecule has 2 aromatic carbocycles. The van der Waals surface area contributed by atoms with Crippen molar-refractivity contribution in [1.29, 1.82) is 0 Å². The molecule has 0 fully saturated rings. The molecule has 0 saturated carbocycles. The summed E-state index contributed by atoms with van der Waals surface area (Å²) in [7, 11) is 0. The third kappa shape index (κ3) is 3.79. The Morgan fingerprint density at radius 2 is 1.92 bits per heavy atom. The van der Waals surface area contributed by atoms with Gasteiger partial charge in [-0.15, -0.1) is 0 Å². The molecule has 25 heavy (non-hydrogen) atoms. The van der Waals surface area contributed by atoms with Crippen LogP contribution in [0.1, 0.15) is 22.3 Å². The summed E-state index contributed by atoms with van der Waals surface area (Å²) >= 11 is 0. The molecule has 2 aromatic rings. The number of fused-ring (bicyclic) bond motifs is 1. The largest absolute Gasteiger partial charge is 0.490 e. The first-order valence-electron chi connectivity index (χ1n) is 7.75. The van der Waals surface area contributed by atoms with E-state index in [1.165, 1.54) is 18.2 Å². The van der Waals surface area contributed by atoms with E-state index in [1.54, 1.807) is 6.07 Å². The number of hydrogen-bond acceptors (Lipinski definition) is 6. The van der Waals surface area contributed by atoms with Crippen LogP contribution in [-0.4, -0.2) is 24.0 Å². The number of ether oxygens (including phenoxy) is 2. The van der Waals surface area contributed by atoms with Crippen molar-refractivity contribution in [3.63, 3.8) is 0 Å². The second-order valence-corrected chi connectivity index (χ2v) is 5.54. The van der Waals surface area contributed by atoms with Crippen molar-refractivity contribution < 1.29 is 19.2 Å². The number of hydrogen-bond donors (Lipinski definition) is 2. The fraction of sp³-hybridized carbons (Fsp3) is 0.235. The lowest BCUT2D eigenvalue weighted by Gasteiger charge is -2.10. The Hall–Kier alpha value is -3.29. The second kappa shape index (κ2) is 7.08. The van der Waals surface area contributed by atoms with Crippen LogP contribution in [0.3, 0.4) is 0 Å². The van der Waals surface area contributed by atoms with E-state index in [-0.39, 0.29) is 23.5 Å². The highest BCUT2D eigenvalue weighted by atomic mass is 16.6. The van der Waals surface area contributed by atoms with Crippen LogP contribution in [0.15, 0.2) is 36.4 Å². The number of anilines is 1. The van der Waals surface area contributed by atoms with E-state index in [4.69, 9.17) is 15.2 Å². The molecule has 1 amide bonds. The Bertz CT molecular complexity index is 822. The van der Waals surface area contributed by atoms with Crippen LogP contribution in [0.5, 0.6) is 11.5 Å². The van der Waals surface area contributed by atoms with Gasteiger partial charge in [0.2, 0.25) is 0 Å². The molecule has 130 valence electrons. The van der Waals surface area contributed by atoms with E-state index < -0.39 is 10.8 Å². The fourth-order valence-electron chi connectivity index (χ4n) is 2.45. The maximum absolute atomic E-state index is 12.2. The highest BCUT2D eigenvalue weighted by molar-refractivity contribution is 5.95. The van der Waals surface area contributed by atoms with Gasteiger partial charge in [-0.2, -0.15) is 0 Å². The number of carbonyl (C=O) groups excluding carboxylic acids is 1. The van der Waals surface area contributed by atoms with E-state index in [0.717, 1.165) is 12.0 Å². The van der Waals surface area contributed by atoms with Crippen molar-refractivity contribution >= 4 is 17.3 Å². The lowest BCUT2D eigenvalue weighted by molar-refractivity contribution is -0.383. The highest BCUT2D eigenvalue weighted by Gasteiger charge is 2.16. The number of nitrogens with one attached hydrogen (secondary N) is 1. The number of benzene rings is 2. The van der Waals surface area contributed by atoms with Crippen molar-refractivity contribution in [3.05, 3.63) is 57.6 Å². The van der Waals surface area contributed by atoms with Crippen molar-refractivity contribution in [2.45, 2.75) is 13.0 Å². The van der Waals surface area contributed by atoms with Gasteiger partial charge in [0, 0.05) is 24.6 Å². The number of carbonyl (C=O) groups is 1. The zero-order valence-electron chi connectivity index (χ0n) is 13.4. The third-order valence-corrected chi connectivity index (χ3v) is 3.75. The van der Waals surface area contributed by atoms with E-state index in [0.29, 0.717) is 24.7 Å². The van der Waals surface area contributed by atoms with E-state index in [9.17, 15) is 14.9 Å². The maximum Gasteiger partial charge on any atom is 0.292 e. The van der Waals surface area contributed by atoms with Crippen LogP contribution in [0.2, 0.25) is 0 Å². The lowest BCUT2D eigenvalue weighted by Crippen LogP contribution is -2.23.